The fraction of sp³-hybridized carbons (Fsp3) is 0.233. The van der Waals surface area contributed by atoms with Gasteiger partial charge >= 0.3 is 0 Å². The van der Waals surface area contributed by atoms with E-state index in [1.165, 1.54) is 5.56 Å². The zero-order valence-corrected chi connectivity index (χ0v) is 19.5. The lowest BCUT2D eigenvalue weighted by molar-refractivity contribution is 0.0684. The number of nitrogens with one attached hydrogen (secondary N) is 1. The van der Waals surface area contributed by atoms with Crippen LogP contribution in [-0.4, -0.2) is 24.0 Å². The Kier molecular flexibility index (Phi) is 6.48. The van der Waals surface area contributed by atoms with E-state index in [4.69, 9.17) is 4.74 Å². The number of rotatable bonds is 8. The molecule has 1 atom stereocenters. The first-order chi connectivity index (χ1) is 16.8. The summed E-state index contributed by atoms with van der Waals surface area (Å²) < 4.78 is 6.30. The van der Waals surface area contributed by atoms with E-state index in [-0.39, 0.29) is 12.1 Å². The van der Waals surface area contributed by atoms with E-state index < -0.39 is 0 Å². The maximum absolute atomic E-state index is 13.8. The second-order valence-corrected chi connectivity index (χ2v) is 8.73. The molecule has 172 valence electrons. The number of unbranched alkanes of at least 4 members (excludes halogenated alkanes) is 1. The minimum absolute atomic E-state index is 0.0442. The summed E-state index contributed by atoms with van der Waals surface area (Å²) in [6.07, 6.45) is 2.52. The second-order valence-electron chi connectivity index (χ2n) is 8.73. The van der Waals surface area contributed by atoms with Crippen molar-refractivity contribution in [1.29, 1.82) is 0 Å². The number of para-hydroxylation sites is 1. The largest absolute Gasteiger partial charge is 0.493 e. The summed E-state index contributed by atoms with van der Waals surface area (Å²) in [6, 6.07) is 30.6. The highest BCUT2D eigenvalue weighted by Crippen LogP contribution is 2.40. The number of carbonyl (C=O) groups excluding carboxylic acids is 1. The van der Waals surface area contributed by atoms with E-state index in [2.05, 4.69) is 54.7 Å². The number of nitrogens with zero attached hydrogens (tertiary/aromatic N) is 1. The van der Waals surface area contributed by atoms with Crippen molar-refractivity contribution in [2.24, 2.45) is 0 Å². The van der Waals surface area contributed by atoms with E-state index in [1.807, 2.05) is 53.4 Å². The minimum Gasteiger partial charge on any atom is -0.493 e. The quantitative estimate of drug-likeness (QED) is 0.299. The van der Waals surface area contributed by atoms with Crippen LogP contribution in [0.1, 0.15) is 47.4 Å². The molecule has 0 bridgehead atoms. The molecule has 0 saturated carbocycles. The molecule has 1 aliphatic heterocycles. The molecule has 4 nitrogen and oxygen atoms in total. The molecule has 4 heteroatoms. The van der Waals surface area contributed by atoms with Gasteiger partial charge in [0.15, 0.2) is 0 Å². The van der Waals surface area contributed by atoms with Crippen molar-refractivity contribution < 1.29 is 9.53 Å². The van der Waals surface area contributed by atoms with Crippen LogP contribution in [0.4, 0.5) is 5.69 Å². The van der Waals surface area contributed by atoms with Crippen molar-refractivity contribution >= 4 is 22.4 Å². The lowest BCUT2D eigenvalue weighted by Gasteiger charge is -2.39. The molecule has 1 heterocycles. The zero-order chi connectivity index (χ0) is 23.3. The average molecular weight is 451 g/mol. The van der Waals surface area contributed by atoms with Crippen LogP contribution in [0.15, 0.2) is 91.0 Å². The van der Waals surface area contributed by atoms with Gasteiger partial charge in [0.2, 0.25) is 0 Å². The lowest BCUT2D eigenvalue weighted by atomic mass is 9.97. The summed E-state index contributed by atoms with van der Waals surface area (Å²) in [7, 11) is 0. The highest BCUT2D eigenvalue weighted by molar-refractivity contribution is 6.02. The van der Waals surface area contributed by atoms with Gasteiger partial charge in [-0.2, -0.15) is 0 Å². The van der Waals surface area contributed by atoms with Gasteiger partial charge in [-0.1, -0.05) is 86.1 Å². The van der Waals surface area contributed by atoms with E-state index >= 15 is 0 Å². The smallest absolute Gasteiger partial charge is 0.257 e. The lowest BCUT2D eigenvalue weighted by Crippen LogP contribution is -2.44. The van der Waals surface area contributed by atoms with Crippen LogP contribution >= 0.6 is 0 Å². The van der Waals surface area contributed by atoms with Crippen LogP contribution in [-0.2, 0) is 6.42 Å². The molecule has 0 fully saturated rings. The van der Waals surface area contributed by atoms with Crippen LogP contribution in [0, 0.1) is 0 Å². The van der Waals surface area contributed by atoms with Crippen molar-refractivity contribution in [2.75, 3.05) is 18.5 Å². The Bertz CT molecular complexity index is 1290. The predicted molar refractivity (Wildman–Crippen MR) is 138 cm³/mol. The molecule has 4 aromatic carbocycles. The van der Waals surface area contributed by atoms with Gasteiger partial charge in [-0.25, -0.2) is 0 Å². The Morgan fingerprint density at radius 3 is 2.50 bits per heavy atom. The summed E-state index contributed by atoms with van der Waals surface area (Å²) >= 11 is 0. The van der Waals surface area contributed by atoms with Crippen molar-refractivity contribution in [3.05, 3.63) is 108 Å². The zero-order valence-electron chi connectivity index (χ0n) is 19.5. The molecule has 34 heavy (non-hydrogen) atoms. The predicted octanol–water partition coefficient (Wildman–Crippen LogP) is 6.83. The summed E-state index contributed by atoms with van der Waals surface area (Å²) in [6.45, 7) is 3.42. The molecular weight excluding hydrogens is 420 g/mol. The fourth-order valence-electron chi connectivity index (χ4n) is 4.66. The first kappa shape index (κ1) is 22.0. The van der Waals surface area contributed by atoms with Gasteiger partial charge in [0.25, 0.3) is 5.91 Å². The number of anilines is 1. The molecule has 1 amide bonds. The molecule has 1 unspecified atom stereocenters. The number of hydrogen-bond acceptors (Lipinski definition) is 3. The van der Waals surface area contributed by atoms with Crippen molar-refractivity contribution in [3.8, 4) is 5.75 Å². The Balaban J connectivity index is 1.60. The van der Waals surface area contributed by atoms with Gasteiger partial charge < -0.3 is 15.0 Å². The van der Waals surface area contributed by atoms with Crippen LogP contribution in [0.5, 0.6) is 5.75 Å². The van der Waals surface area contributed by atoms with E-state index in [0.29, 0.717) is 18.7 Å². The van der Waals surface area contributed by atoms with Crippen LogP contribution in [0.3, 0.4) is 0 Å². The topological polar surface area (TPSA) is 41.6 Å². The molecule has 0 aromatic heterocycles. The number of amides is 1. The van der Waals surface area contributed by atoms with E-state index in [9.17, 15) is 4.79 Å². The number of fused-ring (bicyclic) bond motifs is 2. The fourth-order valence-corrected chi connectivity index (χ4v) is 4.66. The van der Waals surface area contributed by atoms with Crippen molar-refractivity contribution in [1.82, 2.24) is 4.90 Å². The Morgan fingerprint density at radius 1 is 0.882 bits per heavy atom. The van der Waals surface area contributed by atoms with Crippen molar-refractivity contribution in [3.63, 3.8) is 0 Å². The summed E-state index contributed by atoms with van der Waals surface area (Å²) in [5, 5.41) is 5.92. The van der Waals surface area contributed by atoms with Crippen LogP contribution in [0.2, 0.25) is 0 Å². The normalized spacial score (nSPS) is 15.1. The molecule has 1 N–H and O–H groups in total. The molecule has 0 aliphatic carbocycles. The maximum atomic E-state index is 13.8. The van der Waals surface area contributed by atoms with Crippen molar-refractivity contribution in [2.45, 2.75) is 32.4 Å². The third-order valence-corrected chi connectivity index (χ3v) is 6.47. The number of carbonyl (C=O) groups is 1. The molecule has 0 spiro atoms. The number of ether oxygens (including phenoxy) is 1. The molecule has 0 radical (unpaired) electrons. The van der Waals surface area contributed by atoms with E-state index in [0.717, 1.165) is 47.0 Å². The standard InChI is InChI=1S/C30H30N2O2/c1-2-3-21-34-27-18-17-23-13-7-8-14-24(23)28(27)29-31-26-16-10-9-15-25(26)30(33)32(29)20-19-22-11-5-4-6-12-22/h4-18,29,31H,2-3,19-21H2,1H3. The maximum Gasteiger partial charge on any atom is 0.257 e. The van der Waals surface area contributed by atoms with Gasteiger partial charge in [-0.05, 0) is 47.4 Å². The molecule has 1 aliphatic rings. The third kappa shape index (κ3) is 4.36. The second kappa shape index (κ2) is 10.0. The summed E-state index contributed by atoms with van der Waals surface area (Å²) in [5.41, 5.74) is 3.80. The average Bonchev–Trinajstić information content (AvgIpc) is 2.89. The molecule has 4 aromatic rings. The number of benzene rings is 4. The van der Waals surface area contributed by atoms with Gasteiger partial charge in [0, 0.05) is 17.8 Å². The Morgan fingerprint density at radius 2 is 1.65 bits per heavy atom. The highest BCUT2D eigenvalue weighted by Gasteiger charge is 2.35. The van der Waals surface area contributed by atoms with Crippen LogP contribution in [0.25, 0.3) is 10.8 Å². The SMILES string of the molecule is CCCCOc1ccc2ccccc2c1C1Nc2ccccc2C(=O)N1CCc1ccccc1. The molecule has 5 rings (SSSR count). The van der Waals surface area contributed by atoms with E-state index in [1.54, 1.807) is 0 Å². The summed E-state index contributed by atoms with van der Waals surface area (Å²) in [4.78, 5) is 15.7. The van der Waals surface area contributed by atoms with Gasteiger partial charge in [-0.3, -0.25) is 4.79 Å². The number of hydrogen-bond donors (Lipinski definition) is 1. The molecular formula is C30H30N2O2. The molecule has 0 saturated heterocycles. The Hall–Kier alpha value is -3.79. The minimum atomic E-state index is -0.325. The third-order valence-electron chi connectivity index (χ3n) is 6.47. The van der Waals surface area contributed by atoms with Crippen LogP contribution < -0.4 is 10.1 Å². The first-order valence-electron chi connectivity index (χ1n) is 12.1. The van der Waals surface area contributed by atoms with Gasteiger partial charge in [-0.15, -0.1) is 0 Å². The van der Waals surface area contributed by atoms with Gasteiger partial charge in [0.1, 0.15) is 11.9 Å². The monoisotopic (exact) mass is 450 g/mol. The highest BCUT2D eigenvalue weighted by atomic mass is 16.5. The first-order valence-corrected chi connectivity index (χ1v) is 12.1. The van der Waals surface area contributed by atoms with Gasteiger partial charge in [0.05, 0.1) is 12.2 Å². The summed E-state index contributed by atoms with van der Waals surface area (Å²) in [5.74, 6) is 0.879. The Labute approximate surface area is 201 Å².